The number of carbonyl (C=O) groups excluding carboxylic acids is 1. The SMILES string of the molecule is Cc1cccc(N([C@@H](C)C(=O)N2CCC[C@@H](C)C2)S(C)(=O)=O)c1. The highest BCUT2D eigenvalue weighted by atomic mass is 32.2. The van der Waals surface area contributed by atoms with Crippen LogP contribution in [-0.2, 0) is 14.8 Å². The van der Waals surface area contributed by atoms with Gasteiger partial charge in [0.15, 0.2) is 0 Å². The van der Waals surface area contributed by atoms with Gasteiger partial charge < -0.3 is 4.90 Å². The van der Waals surface area contributed by atoms with Crippen LogP contribution in [0.25, 0.3) is 0 Å². The Hall–Kier alpha value is -1.56. The van der Waals surface area contributed by atoms with Crippen LogP contribution < -0.4 is 4.31 Å². The van der Waals surface area contributed by atoms with E-state index in [0.29, 0.717) is 24.7 Å². The lowest BCUT2D eigenvalue weighted by atomic mass is 10.00. The summed E-state index contributed by atoms with van der Waals surface area (Å²) in [5, 5.41) is 0. The Balaban J connectivity index is 2.30. The van der Waals surface area contributed by atoms with E-state index < -0.39 is 16.1 Å². The maximum atomic E-state index is 12.8. The molecule has 0 saturated carbocycles. The lowest BCUT2D eigenvalue weighted by molar-refractivity contribution is -0.133. The molecule has 1 aliphatic rings. The average molecular weight is 338 g/mol. The van der Waals surface area contributed by atoms with Gasteiger partial charge >= 0.3 is 0 Å². The molecule has 0 aromatic heterocycles. The molecular weight excluding hydrogens is 312 g/mol. The minimum absolute atomic E-state index is 0.122. The van der Waals surface area contributed by atoms with Crippen molar-refractivity contribution in [3.63, 3.8) is 0 Å². The molecule has 6 heteroatoms. The molecule has 5 nitrogen and oxygen atoms in total. The first-order valence-corrected chi connectivity index (χ1v) is 9.90. The Morgan fingerprint density at radius 2 is 2.09 bits per heavy atom. The fraction of sp³-hybridized carbons (Fsp3) is 0.588. The molecule has 1 fully saturated rings. The Kier molecular flexibility index (Phi) is 5.34. The third-order valence-electron chi connectivity index (χ3n) is 4.29. The molecule has 0 bridgehead atoms. The number of anilines is 1. The molecule has 1 heterocycles. The van der Waals surface area contributed by atoms with Crippen molar-refractivity contribution in [1.82, 2.24) is 4.90 Å². The number of hydrogen-bond donors (Lipinski definition) is 0. The summed E-state index contributed by atoms with van der Waals surface area (Å²) in [5.74, 6) is 0.342. The van der Waals surface area contributed by atoms with Gasteiger partial charge in [-0.25, -0.2) is 8.42 Å². The zero-order valence-corrected chi connectivity index (χ0v) is 15.1. The number of nitrogens with zero attached hydrogens (tertiary/aromatic N) is 2. The molecule has 0 unspecified atom stereocenters. The number of sulfonamides is 1. The predicted octanol–water partition coefficient (Wildman–Crippen LogP) is 2.41. The third kappa shape index (κ3) is 4.25. The quantitative estimate of drug-likeness (QED) is 0.847. The summed E-state index contributed by atoms with van der Waals surface area (Å²) in [6, 6.07) is 6.50. The fourth-order valence-electron chi connectivity index (χ4n) is 3.22. The van der Waals surface area contributed by atoms with Crippen LogP contribution in [0.15, 0.2) is 24.3 Å². The normalized spacial score (nSPS) is 20.2. The summed E-state index contributed by atoms with van der Waals surface area (Å²) in [7, 11) is -3.55. The van der Waals surface area contributed by atoms with Crippen molar-refractivity contribution in [2.24, 2.45) is 5.92 Å². The second-order valence-corrected chi connectivity index (χ2v) is 8.46. The molecule has 0 N–H and O–H groups in total. The molecule has 2 atom stereocenters. The van der Waals surface area contributed by atoms with Gasteiger partial charge in [-0.1, -0.05) is 19.1 Å². The van der Waals surface area contributed by atoms with Crippen LogP contribution in [0.3, 0.4) is 0 Å². The van der Waals surface area contributed by atoms with E-state index in [2.05, 4.69) is 6.92 Å². The number of hydrogen-bond acceptors (Lipinski definition) is 3. The maximum Gasteiger partial charge on any atom is 0.246 e. The van der Waals surface area contributed by atoms with Crippen LogP contribution in [-0.4, -0.2) is 44.6 Å². The number of amides is 1. The fourth-order valence-corrected chi connectivity index (χ4v) is 4.38. The van der Waals surface area contributed by atoms with Gasteiger partial charge in [-0.05, 0) is 50.3 Å². The summed E-state index contributed by atoms with van der Waals surface area (Å²) in [4.78, 5) is 14.6. The summed E-state index contributed by atoms with van der Waals surface area (Å²) in [5.41, 5.74) is 1.50. The highest BCUT2D eigenvalue weighted by molar-refractivity contribution is 7.92. The number of aryl methyl sites for hydroxylation is 1. The molecule has 0 aliphatic carbocycles. The van der Waals surface area contributed by atoms with Crippen LogP contribution >= 0.6 is 0 Å². The first kappa shape index (κ1) is 17.8. The molecule has 0 radical (unpaired) electrons. The second-order valence-electron chi connectivity index (χ2n) is 6.61. The van der Waals surface area contributed by atoms with Crippen molar-refractivity contribution in [1.29, 1.82) is 0 Å². The largest absolute Gasteiger partial charge is 0.341 e. The second kappa shape index (κ2) is 6.91. The molecule has 23 heavy (non-hydrogen) atoms. The molecular formula is C17H26N2O3S. The molecule has 1 saturated heterocycles. The van der Waals surface area contributed by atoms with Crippen LogP contribution in [0.1, 0.15) is 32.3 Å². The maximum absolute atomic E-state index is 12.8. The number of benzene rings is 1. The average Bonchev–Trinajstić information content (AvgIpc) is 2.45. The minimum Gasteiger partial charge on any atom is -0.341 e. The summed E-state index contributed by atoms with van der Waals surface area (Å²) < 4.78 is 25.8. The van der Waals surface area contributed by atoms with Crippen molar-refractivity contribution in [2.45, 2.75) is 39.7 Å². The minimum atomic E-state index is -3.55. The number of piperidine rings is 1. The predicted molar refractivity (Wildman–Crippen MR) is 92.9 cm³/mol. The van der Waals surface area contributed by atoms with Crippen molar-refractivity contribution in [3.05, 3.63) is 29.8 Å². The molecule has 1 amide bonds. The molecule has 2 rings (SSSR count). The van der Waals surface area contributed by atoms with E-state index in [1.165, 1.54) is 4.31 Å². The van der Waals surface area contributed by atoms with Gasteiger partial charge in [-0.2, -0.15) is 0 Å². The first-order chi connectivity index (χ1) is 10.7. The van der Waals surface area contributed by atoms with E-state index in [1.54, 1.807) is 24.0 Å². The van der Waals surface area contributed by atoms with E-state index in [0.717, 1.165) is 24.7 Å². The zero-order chi connectivity index (χ0) is 17.2. The van der Waals surface area contributed by atoms with Gasteiger partial charge in [0.25, 0.3) is 0 Å². The zero-order valence-electron chi connectivity index (χ0n) is 14.3. The molecule has 1 aliphatic heterocycles. The van der Waals surface area contributed by atoms with E-state index in [4.69, 9.17) is 0 Å². The Labute approximate surface area is 139 Å². The van der Waals surface area contributed by atoms with Crippen molar-refractivity contribution >= 4 is 21.6 Å². The van der Waals surface area contributed by atoms with Crippen LogP contribution in [0.4, 0.5) is 5.69 Å². The lowest BCUT2D eigenvalue weighted by Gasteiger charge is -2.36. The summed E-state index contributed by atoms with van der Waals surface area (Å²) in [6.45, 7) is 7.11. The van der Waals surface area contributed by atoms with E-state index >= 15 is 0 Å². The highest BCUT2D eigenvalue weighted by Gasteiger charge is 2.33. The van der Waals surface area contributed by atoms with Crippen molar-refractivity contribution < 1.29 is 13.2 Å². The highest BCUT2D eigenvalue weighted by Crippen LogP contribution is 2.24. The Bertz CT molecular complexity index is 672. The van der Waals surface area contributed by atoms with Gasteiger partial charge in [0, 0.05) is 13.1 Å². The first-order valence-electron chi connectivity index (χ1n) is 8.05. The molecule has 0 spiro atoms. The van der Waals surface area contributed by atoms with Crippen molar-refractivity contribution in [3.8, 4) is 0 Å². The standard InChI is InChI=1S/C17H26N2O3S/c1-13-7-5-9-16(11-13)19(23(4,21)22)15(3)17(20)18-10-6-8-14(2)12-18/h5,7,9,11,14-15H,6,8,10,12H2,1-4H3/t14-,15+/m1/s1. The van der Waals surface area contributed by atoms with Crippen molar-refractivity contribution in [2.75, 3.05) is 23.7 Å². The molecule has 1 aromatic rings. The van der Waals surface area contributed by atoms with E-state index in [1.807, 2.05) is 19.1 Å². The van der Waals surface area contributed by atoms with Gasteiger partial charge in [-0.15, -0.1) is 0 Å². The lowest BCUT2D eigenvalue weighted by Crippen LogP contribution is -2.51. The van der Waals surface area contributed by atoms with Gasteiger partial charge in [0.2, 0.25) is 15.9 Å². The number of rotatable bonds is 4. The van der Waals surface area contributed by atoms with E-state index in [9.17, 15) is 13.2 Å². The monoisotopic (exact) mass is 338 g/mol. The molecule has 128 valence electrons. The topological polar surface area (TPSA) is 57.7 Å². The summed E-state index contributed by atoms with van der Waals surface area (Å²) in [6.07, 6.45) is 3.24. The van der Waals surface area contributed by atoms with Crippen LogP contribution in [0.2, 0.25) is 0 Å². The third-order valence-corrected chi connectivity index (χ3v) is 5.53. The van der Waals surface area contributed by atoms with Gasteiger partial charge in [0.05, 0.1) is 11.9 Å². The molecule has 1 aromatic carbocycles. The van der Waals surface area contributed by atoms with Gasteiger partial charge in [-0.3, -0.25) is 9.10 Å². The number of likely N-dealkylation sites (tertiary alicyclic amines) is 1. The number of carbonyl (C=O) groups is 1. The van der Waals surface area contributed by atoms with Gasteiger partial charge in [0.1, 0.15) is 6.04 Å². The Morgan fingerprint density at radius 1 is 1.39 bits per heavy atom. The van der Waals surface area contributed by atoms with E-state index in [-0.39, 0.29) is 5.91 Å². The Morgan fingerprint density at radius 3 is 2.65 bits per heavy atom. The van der Waals surface area contributed by atoms with Crippen LogP contribution in [0, 0.1) is 12.8 Å². The van der Waals surface area contributed by atoms with Crippen LogP contribution in [0.5, 0.6) is 0 Å². The smallest absolute Gasteiger partial charge is 0.246 e. The summed E-state index contributed by atoms with van der Waals surface area (Å²) >= 11 is 0.